The first kappa shape index (κ1) is 20.5. The Morgan fingerprint density at radius 3 is 2.11 bits per heavy atom. The molecule has 154 valence electrons. The monoisotopic (exact) mass is 392 g/mol. The van der Waals surface area contributed by atoms with Gasteiger partial charge in [0.15, 0.2) is 0 Å². The Hall–Kier alpha value is -2.19. The number of carbonyl (C=O) groups excluding carboxylic acids is 2. The lowest BCUT2D eigenvalue weighted by atomic mass is 10.1. The largest absolute Gasteiger partial charge is 0.375 e. The molecule has 1 aromatic rings. The predicted octanol–water partition coefficient (Wildman–Crippen LogP) is 0.653. The summed E-state index contributed by atoms with van der Waals surface area (Å²) < 4.78 is 18.0. The Morgan fingerprint density at radius 1 is 0.964 bits per heavy atom. The first-order chi connectivity index (χ1) is 13.5. The van der Waals surface area contributed by atoms with Crippen molar-refractivity contribution in [1.82, 2.24) is 14.7 Å². The normalized spacial score (nSPS) is 19.6. The maximum atomic E-state index is 13.1. The highest BCUT2D eigenvalue weighted by molar-refractivity contribution is 5.82. The van der Waals surface area contributed by atoms with Crippen molar-refractivity contribution in [2.45, 2.75) is 13.0 Å². The molecule has 2 heterocycles. The molecule has 0 bridgehead atoms. The summed E-state index contributed by atoms with van der Waals surface area (Å²) in [6.07, 6.45) is 0. The van der Waals surface area contributed by atoms with Crippen LogP contribution in [0.1, 0.15) is 6.92 Å². The molecule has 3 rings (SSSR count). The number of nitrogens with zero attached hydrogens (tertiary/aromatic N) is 4. The summed E-state index contributed by atoms with van der Waals surface area (Å²) >= 11 is 0. The Balaban J connectivity index is 1.47. The number of methoxy groups -OCH3 is 1. The van der Waals surface area contributed by atoms with Crippen LogP contribution < -0.4 is 4.90 Å². The SMILES string of the molecule is COCC(=O)N1CCN(C(C)C(=O)N2CCN(c3ccc(F)cc3)CC2)CC1. The van der Waals surface area contributed by atoms with Gasteiger partial charge in [-0.05, 0) is 31.2 Å². The maximum Gasteiger partial charge on any atom is 0.248 e. The first-order valence-corrected chi connectivity index (χ1v) is 9.79. The third kappa shape index (κ3) is 4.80. The summed E-state index contributed by atoms with van der Waals surface area (Å²) in [5.41, 5.74) is 0.985. The third-order valence-electron chi connectivity index (χ3n) is 5.62. The van der Waals surface area contributed by atoms with E-state index in [0.29, 0.717) is 39.3 Å². The molecule has 28 heavy (non-hydrogen) atoms. The Morgan fingerprint density at radius 2 is 1.54 bits per heavy atom. The van der Waals surface area contributed by atoms with Crippen molar-refractivity contribution < 1.29 is 18.7 Å². The van der Waals surface area contributed by atoms with E-state index in [4.69, 9.17) is 4.74 Å². The fourth-order valence-electron chi connectivity index (χ4n) is 3.83. The van der Waals surface area contributed by atoms with Gasteiger partial charge in [0, 0.05) is 65.2 Å². The van der Waals surface area contributed by atoms with Gasteiger partial charge in [0.05, 0.1) is 6.04 Å². The third-order valence-corrected chi connectivity index (χ3v) is 5.62. The lowest BCUT2D eigenvalue weighted by Gasteiger charge is -2.41. The van der Waals surface area contributed by atoms with Crippen LogP contribution in [0, 0.1) is 5.82 Å². The second-order valence-corrected chi connectivity index (χ2v) is 7.31. The van der Waals surface area contributed by atoms with Crippen LogP contribution in [0.15, 0.2) is 24.3 Å². The highest BCUT2D eigenvalue weighted by atomic mass is 19.1. The van der Waals surface area contributed by atoms with Crippen LogP contribution in [-0.2, 0) is 14.3 Å². The first-order valence-electron chi connectivity index (χ1n) is 9.79. The van der Waals surface area contributed by atoms with E-state index in [1.807, 2.05) is 11.8 Å². The summed E-state index contributed by atoms with van der Waals surface area (Å²) in [5.74, 6) is -0.108. The minimum atomic E-state index is -0.240. The molecule has 1 aromatic carbocycles. The van der Waals surface area contributed by atoms with Gasteiger partial charge >= 0.3 is 0 Å². The quantitative estimate of drug-likeness (QED) is 0.737. The van der Waals surface area contributed by atoms with Gasteiger partial charge in [0.2, 0.25) is 11.8 Å². The fourth-order valence-corrected chi connectivity index (χ4v) is 3.83. The van der Waals surface area contributed by atoms with Gasteiger partial charge in [-0.2, -0.15) is 0 Å². The number of amides is 2. The molecule has 2 saturated heterocycles. The average molecular weight is 392 g/mol. The van der Waals surface area contributed by atoms with Crippen molar-refractivity contribution in [3.63, 3.8) is 0 Å². The van der Waals surface area contributed by atoms with Crippen molar-refractivity contribution in [2.24, 2.45) is 0 Å². The van der Waals surface area contributed by atoms with Gasteiger partial charge < -0.3 is 19.4 Å². The van der Waals surface area contributed by atoms with Crippen LogP contribution in [0.4, 0.5) is 10.1 Å². The number of ether oxygens (including phenoxy) is 1. The van der Waals surface area contributed by atoms with Crippen LogP contribution in [0.5, 0.6) is 0 Å². The van der Waals surface area contributed by atoms with E-state index in [2.05, 4.69) is 9.80 Å². The molecule has 8 heteroatoms. The minimum Gasteiger partial charge on any atom is -0.375 e. The smallest absolute Gasteiger partial charge is 0.248 e. The number of halogens is 1. The lowest BCUT2D eigenvalue weighted by molar-refractivity contribution is -0.140. The number of hydrogen-bond donors (Lipinski definition) is 0. The number of rotatable bonds is 5. The molecule has 0 saturated carbocycles. The molecule has 0 spiro atoms. The zero-order chi connectivity index (χ0) is 20.1. The summed E-state index contributed by atoms with van der Waals surface area (Å²) in [5, 5.41) is 0. The van der Waals surface area contributed by atoms with E-state index in [9.17, 15) is 14.0 Å². The number of hydrogen-bond acceptors (Lipinski definition) is 5. The van der Waals surface area contributed by atoms with Gasteiger partial charge in [-0.1, -0.05) is 0 Å². The summed E-state index contributed by atoms with van der Waals surface area (Å²) in [6, 6.07) is 6.29. The lowest BCUT2D eigenvalue weighted by Crippen LogP contribution is -2.58. The molecule has 2 aliphatic rings. The standard InChI is InChI=1S/C20H29FN4O3/c1-16(22-7-11-24(12-8-22)19(26)15-28-2)20(27)25-13-9-23(10-14-25)18-5-3-17(21)4-6-18/h3-6,16H,7-15H2,1-2H3. The second kappa shape index (κ2) is 9.34. The Labute approximate surface area is 165 Å². The van der Waals surface area contributed by atoms with Crippen LogP contribution in [0.2, 0.25) is 0 Å². The van der Waals surface area contributed by atoms with Crippen molar-refractivity contribution in [3.8, 4) is 0 Å². The molecule has 2 amide bonds. The van der Waals surface area contributed by atoms with Crippen LogP contribution in [0.25, 0.3) is 0 Å². The fraction of sp³-hybridized carbons (Fsp3) is 0.600. The molecule has 0 aromatic heterocycles. The molecule has 1 unspecified atom stereocenters. The maximum absolute atomic E-state index is 13.1. The van der Waals surface area contributed by atoms with E-state index in [-0.39, 0.29) is 30.3 Å². The molecule has 0 aliphatic carbocycles. The van der Waals surface area contributed by atoms with Crippen LogP contribution in [0.3, 0.4) is 0 Å². The van der Waals surface area contributed by atoms with Crippen LogP contribution in [-0.4, -0.2) is 98.6 Å². The Bertz CT molecular complexity index is 669. The molecule has 2 fully saturated rings. The summed E-state index contributed by atoms with van der Waals surface area (Å²) in [7, 11) is 1.52. The van der Waals surface area contributed by atoms with E-state index in [1.165, 1.54) is 19.2 Å². The molecule has 1 atom stereocenters. The van der Waals surface area contributed by atoms with Gasteiger partial charge in [0.25, 0.3) is 0 Å². The second-order valence-electron chi connectivity index (χ2n) is 7.31. The minimum absolute atomic E-state index is 0.00181. The molecule has 0 radical (unpaired) electrons. The van der Waals surface area contributed by atoms with Crippen molar-refractivity contribution in [2.75, 3.05) is 71.0 Å². The van der Waals surface area contributed by atoms with E-state index in [0.717, 1.165) is 18.8 Å². The number of benzene rings is 1. The molecular weight excluding hydrogens is 363 g/mol. The molecule has 0 N–H and O–H groups in total. The Kier molecular flexibility index (Phi) is 6.85. The summed E-state index contributed by atoms with van der Waals surface area (Å²) in [6.45, 7) is 7.48. The van der Waals surface area contributed by atoms with E-state index in [1.54, 1.807) is 17.0 Å². The van der Waals surface area contributed by atoms with Gasteiger partial charge in [-0.25, -0.2) is 4.39 Å². The number of anilines is 1. The van der Waals surface area contributed by atoms with Crippen molar-refractivity contribution in [3.05, 3.63) is 30.1 Å². The van der Waals surface area contributed by atoms with Gasteiger partial charge in [-0.15, -0.1) is 0 Å². The average Bonchev–Trinajstić information content (AvgIpc) is 2.74. The van der Waals surface area contributed by atoms with E-state index < -0.39 is 0 Å². The van der Waals surface area contributed by atoms with E-state index >= 15 is 0 Å². The highest BCUT2D eigenvalue weighted by Gasteiger charge is 2.31. The number of piperazine rings is 2. The zero-order valence-electron chi connectivity index (χ0n) is 16.6. The molecule has 7 nitrogen and oxygen atoms in total. The topological polar surface area (TPSA) is 56.3 Å². The zero-order valence-corrected chi connectivity index (χ0v) is 16.6. The van der Waals surface area contributed by atoms with Crippen LogP contribution >= 0.6 is 0 Å². The summed E-state index contributed by atoms with van der Waals surface area (Å²) in [4.78, 5) is 32.8. The van der Waals surface area contributed by atoms with Gasteiger partial charge in [-0.3, -0.25) is 14.5 Å². The number of carbonyl (C=O) groups is 2. The van der Waals surface area contributed by atoms with Crippen molar-refractivity contribution >= 4 is 17.5 Å². The molecule has 2 aliphatic heterocycles. The van der Waals surface area contributed by atoms with Crippen molar-refractivity contribution in [1.29, 1.82) is 0 Å². The predicted molar refractivity (Wildman–Crippen MR) is 105 cm³/mol. The van der Waals surface area contributed by atoms with Gasteiger partial charge in [0.1, 0.15) is 12.4 Å². The highest BCUT2D eigenvalue weighted by Crippen LogP contribution is 2.18. The molecular formula is C20H29FN4O3.